The van der Waals surface area contributed by atoms with Crippen LogP contribution in [0.15, 0.2) is 106 Å². The summed E-state index contributed by atoms with van der Waals surface area (Å²) in [6, 6.07) is 23.2. The Hall–Kier alpha value is -5.05. The highest BCUT2D eigenvalue weighted by Gasteiger charge is 2.26. The molecule has 1 aromatic heterocycles. The van der Waals surface area contributed by atoms with Crippen molar-refractivity contribution < 1.29 is 26.4 Å². The summed E-state index contributed by atoms with van der Waals surface area (Å²) in [5.41, 5.74) is 0.798. The Kier molecular flexibility index (Phi) is 9.20. The molecule has 0 saturated carbocycles. The fourth-order valence-corrected chi connectivity index (χ4v) is 7.81. The summed E-state index contributed by atoms with van der Waals surface area (Å²) in [5, 5.41) is 2.43. The summed E-state index contributed by atoms with van der Waals surface area (Å²) >= 11 is 6.28. The number of amides is 1. The molecule has 15 heteroatoms. The molecule has 0 aliphatic rings. The number of anilines is 3. The highest BCUT2D eigenvalue weighted by Crippen LogP contribution is 2.30. The van der Waals surface area contributed by atoms with Gasteiger partial charge in [0.1, 0.15) is 16.3 Å². The number of hydrogen-bond acceptors (Lipinski definition) is 7. The van der Waals surface area contributed by atoms with Crippen LogP contribution in [0.3, 0.4) is 0 Å². The maximum atomic E-state index is 13.5. The molecule has 0 spiro atoms. The van der Waals surface area contributed by atoms with E-state index < -0.39 is 36.4 Å². The number of para-hydroxylation sites is 3. The van der Waals surface area contributed by atoms with E-state index in [0.717, 1.165) is 6.07 Å². The van der Waals surface area contributed by atoms with Crippen molar-refractivity contribution >= 4 is 54.6 Å². The van der Waals surface area contributed by atoms with Crippen LogP contribution in [-0.4, -0.2) is 39.2 Å². The van der Waals surface area contributed by atoms with E-state index in [1.807, 2.05) is 0 Å². The lowest BCUT2D eigenvalue weighted by atomic mass is 10.2. The average molecular weight is 696 g/mol. The SMILES string of the molecule is COc1ccccc1NS(=O)(=O)c1cc(NC(=O)c2ccc(Cl)c(S(=O)(=O)Nc3c(C)n(C)n(-c4ccccc4)c3=O)c2)ccc1C. The van der Waals surface area contributed by atoms with E-state index in [0.29, 0.717) is 22.7 Å². The number of carbonyl (C=O) groups excluding carboxylic acids is 1. The molecule has 47 heavy (non-hydrogen) atoms. The lowest BCUT2D eigenvalue weighted by molar-refractivity contribution is 0.102. The number of aromatic nitrogens is 2. The summed E-state index contributed by atoms with van der Waals surface area (Å²) in [7, 11) is -5.52. The van der Waals surface area contributed by atoms with Gasteiger partial charge in [-0.25, -0.2) is 21.5 Å². The minimum atomic E-state index is -4.46. The number of hydrogen-bond donors (Lipinski definition) is 3. The molecule has 0 fully saturated rings. The highest BCUT2D eigenvalue weighted by atomic mass is 35.5. The maximum Gasteiger partial charge on any atom is 0.296 e. The number of methoxy groups -OCH3 is 1. The monoisotopic (exact) mass is 695 g/mol. The standard InChI is InChI=1S/C32H30ClN5O7S2/c1-20-14-16-23(19-28(20)46(41,42)35-26-12-8-9-13-27(26)45-4)34-31(39)22-15-17-25(33)29(18-22)47(43,44)36-30-21(2)37(3)38(32(30)40)24-10-6-5-7-11-24/h5-19,35-36H,1-4H3,(H,34,39). The zero-order valence-corrected chi connectivity index (χ0v) is 28.0. The van der Waals surface area contributed by atoms with Gasteiger partial charge in [0.25, 0.3) is 31.5 Å². The van der Waals surface area contributed by atoms with Gasteiger partial charge < -0.3 is 10.1 Å². The average Bonchev–Trinajstić information content (AvgIpc) is 3.24. The number of halogens is 1. The maximum absolute atomic E-state index is 13.5. The molecule has 5 rings (SSSR count). The molecule has 4 aromatic carbocycles. The van der Waals surface area contributed by atoms with E-state index in [1.54, 1.807) is 75.5 Å². The van der Waals surface area contributed by atoms with E-state index in [4.69, 9.17) is 16.3 Å². The van der Waals surface area contributed by atoms with Crippen molar-refractivity contribution in [2.24, 2.45) is 7.05 Å². The highest BCUT2D eigenvalue weighted by molar-refractivity contribution is 7.93. The van der Waals surface area contributed by atoms with Crippen molar-refractivity contribution in [1.82, 2.24) is 9.36 Å². The van der Waals surface area contributed by atoms with Gasteiger partial charge in [-0.3, -0.25) is 23.7 Å². The second-order valence-corrected chi connectivity index (χ2v) is 14.1. The number of sulfonamides is 2. The molecule has 0 bridgehead atoms. The number of aryl methyl sites for hydroxylation is 1. The molecular formula is C32H30ClN5O7S2. The third-order valence-electron chi connectivity index (χ3n) is 7.36. The van der Waals surface area contributed by atoms with E-state index >= 15 is 0 Å². The van der Waals surface area contributed by atoms with E-state index in [-0.39, 0.29) is 32.5 Å². The van der Waals surface area contributed by atoms with Gasteiger partial charge in [-0.05, 0) is 74.0 Å². The van der Waals surface area contributed by atoms with Crippen molar-refractivity contribution in [2.45, 2.75) is 23.6 Å². The third kappa shape index (κ3) is 6.75. The third-order valence-corrected chi connectivity index (χ3v) is 10.7. The topological polar surface area (TPSA) is 158 Å². The van der Waals surface area contributed by atoms with Crippen LogP contribution >= 0.6 is 11.6 Å². The van der Waals surface area contributed by atoms with Gasteiger partial charge in [0.2, 0.25) is 0 Å². The molecule has 0 radical (unpaired) electrons. The first-order valence-electron chi connectivity index (χ1n) is 14.0. The van der Waals surface area contributed by atoms with E-state index in [9.17, 15) is 26.4 Å². The van der Waals surface area contributed by atoms with E-state index in [1.165, 1.54) is 46.8 Å². The molecule has 5 aromatic rings. The second-order valence-electron chi connectivity index (χ2n) is 10.4. The Morgan fingerprint density at radius 2 is 1.47 bits per heavy atom. The Morgan fingerprint density at radius 1 is 0.809 bits per heavy atom. The van der Waals surface area contributed by atoms with Gasteiger partial charge in [-0.1, -0.05) is 48.0 Å². The predicted molar refractivity (Wildman–Crippen MR) is 181 cm³/mol. The van der Waals surface area contributed by atoms with Gasteiger partial charge in [0.15, 0.2) is 0 Å². The van der Waals surface area contributed by atoms with Gasteiger partial charge in [0, 0.05) is 18.3 Å². The Bertz CT molecular complexity index is 2280. The minimum absolute atomic E-state index is 0.0848. The fraction of sp³-hybridized carbons (Fsp3) is 0.125. The minimum Gasteiger partial charge on any atom is -0.495 e. The first-order chi connectivity index (χ1) is 22.2. The number of ether oxygens (including phenoxy) is 1. The second kappa shape index (κ2) is 13.0. The van der Waals surface area contributed by atoms with Crippen LogP contribution in [0.5, 0.6) is 5.75 Å². The summed E-state index contributed by atoms with van der Waals surface area (Å²) in [4.78, 5) is 26.1. The molecule has 1 heterocycles. The van der Waals surface area contributed by atoms with Crippen molar-refractivity contribution in [2.75, 3.05) is 21.9 Å². The number of rotatable bonds is 10. The Balaban J connectivity index is 1.41. The fourth-order valence-electron chi connectivity index (χ4n) is 4.83. The molecule has 3 N–H and O–H groups in total. The molecule has 244 valence electrons. The summed E-state index contributed by atoms with van der Waals surface area (Å²) in [6.07, 6.45) is 0. The van der Waals surface area contributed by atoms with Crippen molar-refractivity contribution in [1.29, 1.82) is 0 Å². The van der Waals surface area contributed by atoms with Crippen LogP contribution in [-0.2, 0) is 27.1 Å². The molecule has 0 unspecified atom stereocenters. The van der Waals surface area contributed by atoms with Gasteiger partial charge in [0.05, 0.1) is 34.1 Å². The zero-order valence-electron chi connectivity index (χ0n) is 25.6. The van der Waals surface area contributed by atoms with Gasteiger partial charge in [-0.2, -0.15) is 0 Å². The van der Waals surface area contributed by atoms with Crippen LogP contribution in [0.2, 0.25) is 5.02 Å². The summed E-state index contributed by atoms with van der Waals surface area (Å²) < 4.78 is 66.6. The summed E-state index contributed by atoms with van der Waals surface area (Å²) in [6.45, 7) is 3.20. The van der Waals surface area contributed by atoms with E-state index in [2.05, 4.69) is 14.8 Å². The normalized spacial score (nSPS) is 11.6. The van der Waals surface area contributed by atoms with Crippen LogP contribution in [0.1, 0.15) is 21.6 Å². The predicted octanol–water partition coefficient (Wildman–Crippen LogP) is 5.31. The molecule has 1 amide bonds. The lowest BCUT2D eigenvalue weighted by Gasteiger charge is -2.15. The van der Waals surface area contributed by atoms with Gasteiger partial charge in [-0.15, -0.1) is 0 Å². The van der Waals surface area contributed by atoms with Gasteiger partial charge >= 0.3 is 0 Å². The number of nitrogens with zero attached hydrogens (tertiary/aromatic N) is 2. The van der Waals surface area contributed by atoms with Crippen molar-refractivity contribution in [3.63, 3.8) is 0 Å². The van der Waals surface area contributed by atoms with Crippen LogP contribution < -0.4 is 25.1 Å². The number of nitrogens with one attached hydrogen (secondary N) is 3. The van der Waals surface area contributed by atoms with Crippen molar-refractivity contribution in [3.8, 4) is 11.4 Å². The van der Waals surface area contributed by atoms with Crippen LogP contribution in [0.25, 0.3) is 5.69 Å². The molecule has 0 aliphatic heterocycles. The molecule has 12 nitrogen and oxygen atoms in total. The largest absolute Gasteiger partial charge is 0.495 e. The lowest BCUT2D eigenvalue weighted by Crippen LogP contribution is -2.23. The molecule has 0 aliphatic carbocycles. The molecular weight excluding hydrogens is 666 g/mol. The number of benzene rings is 4. The zero-order chi connectivity index (χ0) is 34.1. The first kappa shape index (κ1) is 33.3. The van der Waals surface area contributed by atoms with Crippen molar-refractivity contribution in [3.05, 3.63) is 123 Å². The quantitative estimate of drug-likeness (QED) is 0.179. The Morgan fingerprint density at radius 3 is 2.17 bits per heavy atom. The molecule has 0 saturated heterocycles. The first-order valence-corrected chi connectivity index (χ1v) is 17.3. The number of carbonyl (C=O) groups is 1. The smallest absolute Gasteiger partial charge is 0.296 e. The van der Waals surface area contributed by atoms with Crippen LogP contribution in [0.4, 0.5) is 17.1 Å². The Labute approximate surface area is 276 Å². The molecule has 0 atom stereocenters. The van der Waals surface area contributed by atoms with Crippen LogP contribution in [0, 0.1) is 13.8 Å². The summed E-state index contributed by atoms with van der Waals surface area (Å²) in [5.74, 6) is -0.407.